The molecule has 0 saturated carbocycles. The lowest BCUT2D eigenvalue weighted by atomic mass is 9.80. The minimum Gasteiger partial charge on any atom is -0.338 e. The minimum absolute atomic E-state index is 0. The molecule has 1 aliphatic heterocycles. The van der Waals surface area contributed by atoms with Gasteiger partial charge >= 0.3 is 0 Å². The molecule has 5 nitrogen and oxygen atoms in total. The van der Waals surface area contributed by atoms with Gasteiger partial charge in [-0.3, -0.25) is 4.90 Å². The van der Waals surface area contributed by atoms with E-state index in [1.165, 1.54) is 0 Å². The zero-order valence-electron chi connectivity index (χ0n) is 13.1. The van der Waals surface area contributed by atoms with E-state index in [-0.39, 0.29) is 29.3 Å². The zero-order valence-corrected chi connectivity index (χ0v) is 14.0. The fraction of sp³-hybridized carbons (Fsp3) is 0.857. The van der Waals surface area contributed by atoms with E-state index in [9.17, 15) is 0 Å². The molecule has 0 aromatic carbocycles. The molecule has 0 bridgehead atoms. The fourth-order valence-corrected chi connectivity index (χ4v) is 2.43. The lowest BCUT2D eigenvalue weighted by molar-refractivity contribution is 0.0811. The number of rotatable bonds is 2. The van der Waals surface area contributed by atoms with E-state index in [0.717, 1.165) is 31.9 Å². The predicted molar refractivity (Wildman–Crippen MR) is 81.9 cm³/mol. The van der Waals surface area contributed by atoms with Crippen molar-refractivity contribution in [1.29, 1.82) is 0 Å². The van der Waals surface area contributed by atoms with Gasteiger partial charge in [-0.15, -0.1) is 12.4 Å². The van der Waals surface area contributed by atoms with Crippen LogP contribution in [-0.2, 0) is 12.0 Å². The Kier molecular flexibility index (Phi) is 5.22. The summed E-state index contributed by atoms with van der Waals surface area (Å²) >= 11 is 0. The van der Waals surface area contributed by atoms with Crippen molar-refractivity contribution < 1.29 is 4.52 Å². The van der Waals surface area contributed by atoms with Crippen molar-refractivity contribution in [3.63, 3.8) is 0 Å². The maximum Gasteiger partial charge on any atom is 0.240 e. The number of hydrogen-bond donors (Lipinski definition) is 1. The molecule has 1 fully saturated rings. The van der Waals surface area contributed by atoms with E-state index in [1.54, 1.807) is 0 Å². The first-order valence-electron chi connectivity index (χ1n) is 6.99. The highest BCUT2D eigenvalue weighted by atomic mass is 35.5. The summed E-state index contributed by atoms with van der Waals surface area (Å²) in [6.07, 6.45) is 1.02. The van der Waals surface area contributed by atoms with Crippen LogP contribution >= 0.6 is 12.4 Å². The van der Waals surface area contributed by atoms with Crippen LogP contribution in [0.2, 0.25) is 0 Å². The van der Waals surface area contributed by atoms with Crippen molar-refractivity contribution in [2.45, 2.75) is 59.0 Å². The normalized spacial score (nSPS) is 23.4. The van der Waals surface area contributed by atoms with Crippen molar-refractivity contribution in [3.8, 4) is 0 Å². The van der Waals surface area contributed by atoms with Crippen LogP contribution in [0.3, 0.4) is 0 Å². The predicted octanol–water partition coefficient (Wildman–Crippen LogP) is 2.35. The van der Waals surface area contributed by atoms with Gasteiger partial charge < -0.3 is 10.3 Å². The molecule has 0 radical (unpaired) electrons. The van der Waals surface area contributed by atoms with Gasteiger partial charge in [-0.05, 0) is 11.8 Å². The maximum atomic E-state index is 6.15. The summed E-state index contributed by atoms with van der Waals surface area (Å²) < 4.78 is 5.35. The quantitative estimate of drug-likeness (QED) is 0.908. The van der Waals surface area contributed by atoms with Gasteiger partial charge in [0.05, 0.1) is 6.54 Å². The molecule has 1 aliphatic rings. The van der Waals surface area contributed by atoms with Gasteiger partial charge in [-0.2, -0.15) is 4.98 Å². The van der Waals surface area contributed by atoms with E-state index in [4.69, 9.17) is 10.3 Å². The van der Waals surface area contributed by atoms with Crippen LogP contribution in [0.5, 0.6) is 0 Å². The highest BCUT2D eigenvalue weighted by Gasteiger charge is 2.34. The third-order valence-corrected chi connectivity index (χ3v) is 3.89. The molecule has 2 heterocycles. The standard InChI is InChI=1S/C14H26N4O.ClH/c1-13(2,3)12-16-11(19-17-12)8-18-7-6-10(15)14(4,5)9-18;/h10H,6-9,15H2,1-5H3;1H. The number of hydrogen-bond acceptors (Lipinski definition) is 5. The molecule has 1 saturated heterocycles. The van der Waals surface area contributed by atoms with Crippen LogP contribution in [0.1, 0.15) is 52.8 Å². The third-order valence-electron chi connectivity index (χ3n) is 3.89. The topological polar surface area (TPSA) is 68.2 Å². The number of nitrogens with zero attached hydrogens (tertiary/aromatic N) is 3. The minimum atomic E-state index is -0.0642. The second kappa shape index (κ2) is 6.00. The fourth-order valence-electron chi connectivity index (χ4n) is 2.43. The Hall–Kier alpha value is -0.650. The highest BCUT2D eigenvalue weighted by Crippen LogP contribution is 2.28. The molecular formula is C14H27ClN4O. The summed E-state index contributed by atoms with van der Waals surface area (Å²) in [4.78, 5) is 6.84. The Balaban J connectivity index is 0.00000200. The van der Waals surface area contributed by atoms with E-state index < -0.39 is 0 Å². The van der Waals surface area contributed by atoms with Crippen molar-refractivity contribution in [3.05, 3.63) is 11.7 Å². The van der Waals surface area contributed by atoms with E-state index in [1.807, 2.05) is 0 Å². The molecule has 1 aromatic heterocycles. The molecule has 2 N–H and O–H groups in total. The van der Waals surface area contributed by atoms with Crippen LogP contribution in [0.4, 0.5) is 0 Å². The highest BCUT2D eigenvalue weighted by molar-refractivity contribution is 5.85. The van der Waals surface area contributed by atoms with Crippen molar-refractivity contribution >= 4 is 12.4 Å². The Morgan fingerprint density at radius 1 is 1.40 bits per heavy atom. The molecule has 116 valence electrons. The lowest BCUT2D eigenvalue weighted by Crippen LogP contribution is -2.52. The number of likely N-dealkylation sites (tertiary alicyclic amines) is 1. The Labute approximate surface area is 127 Å². The first-order chi connectivity index (χ1) is 8.68. The first-order valence-corrected chi connectivity index (χ1v) is 6.99. The lowest BCUT2D eigenvalue weighted by Gasteiger charge is -2.42. The molecule has 0 aliphatic carbocycles. The average molecular weight is 303 g/mol. The summed E-state index contributed by atoms with van der Waals surface area (Å²) in [5.74, 6) is 1.48. The number of piperidine rings is 1. The van der Waals surface area contributed by atoms with Gasteiger partial charge in [0.2, 0.25) is 5.89 Å². The van der Waals surface area contributed by atoms with E-state index in [2.05, 4.69) is 49.7 Å². The molecule has 20 heavy (non-hydrogen) atoms. The van der Waals surface area contributed by atoms with E-state index in [0.29, 0.717) is 5.89 Å². The number of nitrogens with two attached hydrogens (primary N) is 1. The van der Waals surface area contributed by atoms with Gasteiger partial charge in [0.15, 0.2) is 5.82 Å². The Bertz CT molecular complexity index is 439. The molecule has 1 atom stereocenters. The maximum absolute atomic E-state index is 6.15. The smallest absolute Gasteiger partial charge is 0.240 e. The van der Waals surface area contributed by atoms with Crippen LogP contribution in [0.15, 0.2) is 4.52 Å². The summed E-state index contributed by atoms with van der Waals surface area (Å²) in [5, 5.41) is 4.07. The number of halogens is 1. The Morgan fingerprint density at radius 2 is 2.05 bits per heavy atom. The van der Waals surface area contributed by atoms with Crippen molar-refractivity contribution in [2.24, 2.45) is 11.1 Å². The van der Waals surface area contributed by atoms with Gasteiger partial charge in [0.1, 0.15) is 0 Å². The Morgan fingerprint density at radius 3 is 2.55 bits per heavy atom. The summed E-state index contributed by atoms with van der Waals surface area (Å²) in [6.45, 7) is 13.4. The van der Waals surface area contributed by atoms with E-state index >= 15 is 0 Å². The first kappa shape index (κ1) is 17.4. The van der Waals surface area contributed by atoms with Crippen LogP contribution < -0.4 is 5.73 Å². The van der Waals surface area contributed by atoms with Gasteiger partial charge in [-0.25, -0.2) is 0 Å². The second-order valence-corrected chi connectivity index (χ2v) is 7.36. The SMILES string of the molecule is CC(C)(C)c1noc(CN2CCC(N)C(C)(C)C2)n1.Cl. The molecule has 2 rings (SSSR count). The van der Waals surface area contributed by atoms with Crippen molar-refractivity contribution in [1.82, 2.24) is 15.0 Å². The van der Waals surface area contributed by atoms with Crippen LogP contribution in [0.25, 0.3) is 0 Å². The van der Waals surface area contributed by atoms with Crippen LogP contribution in [-0.4, -0.2) is 34.2 Å². The van der Waals surface area contributed by atoms with Gasteiger partial charge in [0, 0.05) is 24.5 Å². The monoisotopic (exact) mass is 302 g/mol. The zero-order chi connectivity index (χ0) is 14.3. The van der Waals surface area contributed by atoms with Gasteiger partial charge in [0.25, 0.3) is 0 Å². The second-order valence-electron chi connectivity index (χ2n) is 7.36. The summed E-state index contributed by atoms with van der Waals surface area (Å²) in [6, 6.07) is 0.275. The van der Waals surface area contributed by atoms with Crippen LogP contribution in [0, 0.1) is 5.41 Å². The van der Waals surface area contributed by atoms with Gasteiger partial charge in [-0.1, -0.05) is 39.8 Å². The number of aromatic nitrogens is 2. The molecule has 0 amide bonds. The van der Waals surface area contributed by atoms with Crippen molar-refractivity contribution in [2.75, 3.05) is 13.1 Å². The summed E-state index contributed by atoms with van der Waals surface area (Å²) in [5.41, 5.74) is 6.23. The molecule has 6 heteroatoms. The summed E-state index contributed by atoms with van der Waals surface area (Å²) in [7, 11) is 0. The largest absolute Gasteiger partial charge is 0.338 e. The third kappa shape index (κ3) is 3.93. The molecule has 1 aromatic rings. The average Bonchev–Trinajstić information content (AvgIpc) is 2.71. The molecule has 0 spiro atoms. The molecule has 1 unspecified atom stereocenters. The molecular weight excluding hydrogens is 276 g/mol.